The highest BCUT2D eigenvalue weighted by atomic mass is 19.4. The van der Waals surface area contributed by atoms with Crippen LogP contribution in [-0.4, -0.2) is 48.1 Å². The van der Waals surface area contributed by atoms with Crippen LogP contribution in [0.15, 0.2) is 18.2 Å². The quantitative estimate of drug-likeness (QED) is 0.783. The van der Waals surface area contributed by atoms with Gasteiger partial charge in [0.1, 0.15) is 17.9 Å². The van der Waals surface area contributed by atoms with E-state index in [1.807, 2.05) is 0 Å². The first-order valence-electron chi connectivity index (χ1n) is 6.20. The van der Waals surface area contributed by atoms with Crippen molar-refractivity contribution in [2.45, 2.75) is 19.5 Å². The number of hydrogen-bond acceptors (Lipinski definition) is 4. The summed E-state index contributed by atoms with van der Waals surface area (Å²) in [6.45, 7) is 0.251. The smallest absolute Gasteiger partial charge is 0.406 e. The molecule has 1 heterocycles. The lowest BCUT2D eigenvalue weighted by Crippen LogP contribution is -2.39. The summed E-state index contributed by atoms with van der Waals surface area (Å²) >= 11 is 0. The van der Waals surface area contributed by atoms with E-state index in [-0.39, 0.29) is 17.9 Å². The van der Waals surface area contributed by atoms with Gasteiger partial charge in [0.25, 0.3) is 5.91 Å². The second-order valence-corrected chi connectivity index (χ2v) is 4.24. The largest absolute Gasteiger partial charge is 0.464 e. The molecule has 21 heavy (non-hydrogen) atoms. The van der Waals surface area contributed by atoms with E-state index in [9.17, 15) is 22.8 Å². The number of carbonyl (C=O) groups is 2. The van der Waals surface area contributed by atoms with Crippen molar-refractivity contribution in [3.05, 3.63) is 29.6 Å². The highest BCUT2D eigenvalue weighted by Gasteiger charge is 2.33. The van der Waals surface area contributed by atoms with E-state index in [1.165, 1.54) is 18.2 Å². The minimum Gasteiger partial charge on any atom is -0.464 e. The van der Waals surface area contributed by atoms with Gasteiger partial charge in [-0.25, -0.2) is 9.78 Å². The van der Waals surface area contributed by atoms with E-state index in [0.29, 0.717) is 11.3 Å². The molecule has 1 rings (SSSR count). The van der Waals surface area contributed by atoms with E-state index in [1.54, 1.807) is 6.92 Å². The zero-order chi connectivity index (χ0) is 16.0. The van der Waals surface area contributed by atoms with Crippen molar-refractivity contribution in [2.24, 2.45) is 0 Å². The van der Waals surface area contributed by atoms with Gasteiger partial charge in [-0.1, -0.05) is 13.0 Å². The van der Waals surface area contributed by atoms with Crippen LogP contribution in [0.5, 0.6) is 0 Å². The third kappa shape index (κ3) is 5.05. The molecule has 1 amide bonds. The van der Waals surface area contributed by atoms with E-state index in [4.69, 9.17) is 0 Å². The van der Waals surface area contributed by atoms with E-state index >= 15 is 0 Å². The van der Waals surface area contributed by atoms with Crippen LogP contribution in [0.25, 0.3) is 0 Å². The summed E-state index contributed by atoms with van der Waals surface area (Å²) in [6.07, 6.45) is -4.12. The normalized spacial score (nSPS) is 11.1. The first-order chi connectivity index (χ1) is 9.78. The first kappa shape index (κ1) is 16.9. The maximum absolute atomic E-state index is 12.5. The Morgan fingerprint density at radius 3 is 2.43 bits per heavy atom. The van der Waals surface area contributed by atoms with Gasteiger partial charge in [-0.2, -0.15) is 13.2 Å². The summed E-state index contributed by atoms with van der Waals surface area (Å²) in [5, 5.41) is 0. The summed E-state index contributed by atoms with van der Waals surface area (Å²) in [5.74, 6) is -1.64. The molecule has 8 heteroatoms. The van der Waals surface area contributed by atoms with E-state index in [2.05, 4.69) is 9.72 Å². The second-order valence-electron chi connectivity index (χ2n) is 4.24. The Labute approximate surface area is 119 Å². The van der Waals surface area contributed by atoms with Crippen molar-refractivity contribution in [2.75, 3.05) is 20.2 Å². The number of alkyl halides is 3. The molecule has 0 aliphatic heterocycles. The van der Waals surface area contributed by atoms with Crippen molar-refractivity contribution < 1.29 is 27.5 Å². The maximum Gasteiger partial charge on any atom is 0.406 e. The van der Waals surface area contributed by atoms with Crippen LogP contribution in [0, 0.1) is 0 Å². The highest BCUT2D eigenvalue weighted by molar-refractivity contribution is 5.94. The van der Waals surface area contributed by atoms with Gasteiger partial charge in [-0.15, -0.1) is 0 Å². The average molecular weight is 304 g/mol. The van der Waals surface area contributed by atoms with Crippen molar-refractivity contribution in [3.8, 4) is 0 Å². The fourth-order valence-corrected chi connectivity index (χ4v) is 1.67. The maximum atomic E-state index is 12.5. The number of aromatic nitrogens is 1. The Morgan fingerprint density at radius 2 is 1.90 bits per heavy atom. The molecule has 0 atom stereocenters. The Hall–Kier alpha value is -2.12. The molecule has 0 saturated heterocycles. The molecule has 0 saturated carbocycles. The number of esters is 1. The monoisotopic (exact) mass is 304 g/mol. The van der Waals surface area contributed by atoms with Crippen LogP contribution in [0.3, 0.4) is 0 Å². The number of methoxy groups -OCH3 is 1. The standard InChI is InChI=1S/C13H15F3N2O3/c1-3-7-18(8-13(14,15)16)11(19)9-5-4-6-10(17-9)12(20)21-2/h4-6H,3,7-8H2,1-2H3. The van der Waals surface area contributed by atoms with Crippen molar-refractivity contribution in [3.63, 3.8) is 0 Å². The Balaban J connectivity index is 3.00. The molecule has 116 valence electrons. The zero-order valence-electron chi connectivity index (χ0n) is 11.6. The van der Waals surface area contributed by atoms with Gasteiger partial charge in [0, 0.05) is 6.54 Å². The number of carbonyl (C=O) groups excluding carboxylic acids is 2. The summed E-state index contributed by atoms with van der Waals surface area (Å²) < 4.78 is 41.9. The summed E-state index contributed by atoms with van der Waals surface area (Å²) in [4.78, 5) is 27.8. The summed E-state index contributed by atoms with van der Waals surface area (Å²) in [5.41, 5.74) is -0.359. The molecule has 0 aliphatic carbocycles. The molecule has 0 spiro atoms. The van der Waals surface area contributed by atoms with Gasteiger partial charge in [-0.3, -0.25) is 4.79 Å². The Kier molecular flexibility index (Phi) is 5.69. The first-order valence-corrected chi connectivity index (χ1v) is 6.20. The number of rotatable bonds is 5. The fraction of sp³-hybridized carbons (Fsp3) is 0.462. The lowest BCUT2D eigenvalue weighted by molar-refractivity contribution is -0.140. The molecular weight excluding hydrogens is 289 g/mol. The van der Waals surface area contributed by atoms with Crippen molar-refractivity contribution in [1.82, 2.24) is 9.88 Å². The summed E-state index contributed by atoms with van der Waals surface area (Å²) in [7, 11) is 1.14. The Bertz CT molecular complexity index is 518. The predicted octanol–water partition coefficient (Wildman–Crippen LogP) is 2.28. The molecule has 0 radical (unpaired) electrons. The average Bonchev–Trinajstić information content (AvgIpc) is 2.44. The molecule has 1 aromatic rings. The Morgan fingerprint density at radius 1 is 1.29 bits per heavy atom. The number of nitrogens with zero attached hydrogens (tertiary/aromatic N) is 2. The van der Waals surface area contributed by atoms with Gasteiger partial charge in [0.15, 0.2) is 0 Å². The minimum absolute atomic E-state index is 0.0531. The molecule has 0 aromatic carbocycles. The molecule has 0 unspecified atom stereocenters. The third-order valence-corrected chi connectivity index (χ3v) is 2.51. The molecule has 0 N–H and O–H groups in total. The number of ether oxygens (including phenoxy) is 1. The SMILES string of the molecule is CCCN(CC(F)(F)F)C(=O)c1cccc(C(=O)OC)n1. The van der Waals surface area contributed by atoms with Crippen LogP contribution in [-0.2, 0) is 4.74 Å². The van der Waals surface area contributed by atoms with Gasteiger partial charge in [-0.05, 0) is 18.6 Å². The molecule has 5 nitrogen and oxygen atoms in total. The number of halogens is 3. The molecule has 0 bridgehead atoms. The minimum atomic E-state index is -4.50. The van der Waals surface area contributed by atoms with Gasteiger partial charge in [0.2, 0.25) is 0 Å². The third-order valence-electron chi connectivity index (χ3n) is 2.51. The van der Waals surface area contributed by atoms with Crippen molar-refractivity contribution >= 4 is 11.9 Å². The zero-order valence-corrected chi connectivity index (χ0v) is 11.6. The highest BCUT2D eigenvalue weighted by Crippen LogP contribution is 2.18. The van der Waals surface area contributed by atoms with Crippen LogP contribution < -0.4 is 0 Å². The van der Waals surface area contributed by atoms with Gasteiger partial charge >= 0.3 is 12.1 Å². The van der Waals surface area contributed by atoms with Crippen LogP contribution in [0.1, 0.15) is 34.3 Å². The summed E-state index contributed by atoms with van der Waals surface area (Å²) in [6, 6.07) is 3.94. The van der Waals surface area contributed by atoms with Crippen LogP contribution in [0.2, 0.25) is 0 Å². The van der Waals surface area contributed by atoms with Gasteiger partial charge in [0.05, 0.1) is 7.11 Å². The van der Waals surface area contributed by atoms with Crippen LogP contribution in [0.4, 0.5) is 13.2 Å². The number of amides is 1. The lowest BCUT2D eigenvalue weighted by atomic mass is 10.2. The molecule has 0 fully saturated rings. The second kappa shape index (κ2) is 7.05. The van der Waals surface area contributed by atoms with E-state index < -0.39 is 24.6 Å². The van der Waals surface area contributed by atoms with Crippen LogP contribution >= 0.6 is 0 Å². The molecule has 0 aliphatic rings. The number of pyridine rings is 1. The van der Waals surface area contributed by atoms with Gasteiger partial charge < -0.3 is 9.64 Å². The fourth-order valence-electron chi connectivity index (χ4n) is 1.67. The van der Waals surface area contributed by atoms with E-state index in [0.717, 1.165) is 7.11 Å². The molecule has 1 aromatic heterocycles. The predicted molar refractivity (Wildman–Crippen MR) is 67.8 cm³/mol. The van der Waals surface area contributed by atoms with Crippen molar-refractivity contribution in [1.29, 1.82) is 0 Å². The molecular formula is C13H15F3N2O3. The number of hydrogen-bond donors (Lipinski definition) is 0. The lowest BCUT2D eigenvalue weighted by Gasteiger charge is -2.23. The topological polar surface area (TPSA) is 59.5 Å².